The molecule has 0 aliphatic carbocycles. The number of halogens is 1. The lowest BCUT2D eigenvalue weighted by molar-refractivity contribution is -0.136. The van der Waals surface area contributed by atoms with Gasteiger partial charge in [-0.1, -0.05) is 29.4 Å². The standard InChI is InChI=1S/C20H17FN2O2/c21-18-6-2-1-5-16(18)19-17(20(24)25-22-19)13-14-7-9-15(10-8-14)23-11-3-4-12-23/h1-2,5-10,13H,3-4,11-12H2/b17-13-. The van der Waals surface area contributed by atoms with Crippen molar-refractivity contribution in [2.45, 2.75) is 12.8 Å². The number of hydrogen-bond donors (Lipinski definition) is 0. The van der Waals surface area contributed by atoms with E-state index in [2.05, 4.69) is 10.1 Å². The molecule has 0 bridgehead atoms. The first-order valence-corrected chi connectivity index (χ1v) is 8.34. The van der Waals surface area contributed by atoms with Gasteiger partial charge in [0.25, 0.3) is 0 Å². The van der Waals surface area contributed by atoms with Gasteiger partial charge in [0.2, 0.25) is 0 Å². The second-order valence-electron chi connectivity index (χ2n) is 6.14. The van der Waals surface area contributed by atoms with E-state index in [-0.39, 0.29) is 16.8 Å². The molecule has 0 spiro atoms. The van der Waals surface area contributed by atoms with Crippen LogP contribution in [0.1, 0.15) is 24.0 Å². The Morgan fingerprint density at radius 1 is 1.04 bits per heavy atom. The molecular weight excluding hydrogens is 319 g/mol. The molecule has 0 aromatic heterocycles. The average molecular weight is 336 g/mol. The van der Waals surface area contributed by atoms with Crippen molar-refractivity contribution in [3.63, 3.8) is 0 Å². The first-order valence-electron chi connectivity index (χ1n) is 8.34. The molecule has 2 aromatic rings. The van der Waals surface area contributed by atoms with Crippen molar-refractivity contribution >= 4 is 23.4 Å². The van der Waals surface area contributed by atoms with Crippen LogP contribution in [0, 0.1) is 5.82 Å². The van der Waals surface area contributed by atoms with E-state index in [0.717, 1.165) is 18.7 Å². The molecular formula is C20H17FN2O2. The second-order valence-corrected chi connectivity index (χ2v) is 6.14. The largest absolute Gasteiger partial charge is 0.372 e. The molecule has 2 aromatic carbocycles. The summed E-state index contributed by atoms with van der Waals surface area (Å²) < 4.78 is 14.0. The van der Waals surface area contributed by atoms with E-state index >= 15 is 0 Å². The molecule has 4 nitrogen and oxygen atoms in total. The van der Waals surface area contributed by atoms with E-state index in [1.165, 1.54) is 24.6 Å². The molecule has 0 saturated carbocycles. The van der Waals surface area contributed by atoms with E-state index in [1.54, 1.807) is 24.3 Å². The summed E-state index contributed by atoms with van der Waals surface area (Å²) in [5.41, 5.74) is 2.77. The molecule has 0 atom stereocenters. The zero-order chi connectivity index (χ0) is 17.2. The Labute approximate surface area is 145 Å². The van der Waals surface area contributed by atoms with Crippen molar-refractivity contribution in [3.8, 4) is 0 Å². The van der Waals surface area contributed by atoms with Crippen molar-refractivity contribution in [1.82, 2.24) is 0 Å². The Hall–Kier alpha value is -2.95. The van der Waals surface area contributed by atoms with E-state index in [9.17, 15) is 9.18 Å². The monoisotopic (exact) mass is 336 g/mol. The van der Waals surface area contributed by atoms with Gasteiger partial charge in [-0.2, -0.15) is 0 Å². The number of oxime groups is 1. The van der Waals surface area contributed by atoms with Crippen LogP contribution in [0.4, 0.5) is 10.1 Å². The molecule has 0 radical (unpaired) electrons. The summed E-state index contributed by atoms with van der Waals surface area (Å²) in [5, 5.41) is 3.76. The van der Waals surface area contributed by atoms with Crippen molar-refractivity contribution < 1.29 is 14.0 Å². The second kappa shape index (κ2) is 6.51. The molecule has 0 N–H and O–H groups in total. The summed E-state index contributed by atoms with van der Waals surface area (Å²) in [4.78, 5) is 19.1. The third-order valence-corrected chi connectivity index (χ3v) is 4.50. The fourth-order valence-corrected chi connectivity index (χ4v) is 3.18. The van der Waals surface area contributed by atoms with Crippen LogP contribution in [0.15, 0.2) is 59.3 Å². The fourth-order valence-electron chi connectivity index (χ4n) is 3.18. The smallest absolute Gasteiger partial charge is 0.368 e. The van der Waals surface area contributed by atoms with Gasteiger partial charge in [-0.15, -0.1) is 0 Å². The van der Waals surface area contributed by atoms with Crippen molar-refractivity contribution in [2.24, 2.45) is 5.16 Å². The first kappa shape index (κ1) is 15.6. The molecule has 5 heteroatoms. The fraction of sp³-hybridized carbons (Fsp3) is 0.200. The van der Waals surface area contributed by atoms with E-state index in [0.29, 0.717) is 0 Å². The quantitative estimate of drug-likeness (QED) is 0.633. The third-order valence-electron chi connectivity index (χ3n) is 4.50. The van der Waals surface area contributed by atoms with Crippen molar-refractivity contribution in [2.75, 3.05) is 18.0 Å². The number of rotatable bonds is 3. The highest BCUT2D eigenvalue weighted by Gasteiger charge is 2.28. The first-order chi connectivity index (χ1) is 12.2. The summed E-state index contributed by atoms with van der Waals surface area (Å²) in [7, 11) is 0. The van der Waals surface area contributed by atoms with Gasteiger partial charge in [-0.05, 0) is 48.7 Å². The summed E-state index contributed by atoms with van der Waals surface area (Å²) in [6.45, 7) is 2.16. The molecule has 2 heterocycles. The van der Waals surface area contributed by atoms with Crippen molar-refractivity contribution in [1.29, 1.82) is 0 Å². The Bertz CT molecular complexity index is 866. The van der Waals surface area contributed by atoms with Crippen LogP contribution in [0.2, 0.25) is 0 Å². The lowest BCUT2D eigenvalue weighted by Crippen LogP contribution is -2.17. The van der Waals surface area contributed by atoms with Gasteiger partial charge >= 0.3 is 5.97 Å². The van der Waals surface area contributed by atoms with Gasteiger partial charge in [0.05, 0.1) is 5.57 Å². The molecule has 25 heavy (non-hydrogen) atoms. The molecule has 1 saturated heterocycles. The lowest BCUT2D eigenvalue weighted by atomic mass is 10.00. The predicted octanol–water partition coefficient (Wildman–Crippen LogP) is 3.77. The molecule has 0 unspecified atom stereocenters. The van der Waals surface area contributed by atoms with Crippen LogP contribution in [-0.2, 0) is 9.63 Å². The highest BCUT2D eigenvalue weighted by molar-refractivity contribution is 6.31. The Morgan fingerprint density at radius 2 is 1.76 bits per heavy atom. The van der Waals surface area contributed by atoms with Crippen molar-refractivity contribution in [3.05, 3.63) is 71.0 Å². The molecule has 1 fully saturated rings. The number of carbonyl (C=O) groups is 1. The molecule has 2 aliphatic heterocycles. The highest BCUT2D eigenvalue weighted by atomic mass is 19.1. The highest BCUT2D eigenvalue weighted by Crippen LogP contribution is 2.24. The van der Waals surface area contributed by atoms with Gasteiger partial charge in [0.15, 0.2) is 0 Å². The predicted molar refractivity (Wildman–Crippen MR) is 94.9 cm³/mol. The minimum absolute atomic E-state index is 0.228. The SMILES string of the molecule is O=C1ON=C(c2ccccc2F)/C1=C/c1ccc(N2CCCC2)cc1. The summed E-state index contributed by atoms with van der Waals surface area (Å²) in [6.07, 6.45) is 4.13. The van der Waals surface area contributed by atoms with E-state index in [4.69, 9.17) is 4.84 Å². The normalized spacial score (nSPS) is 18.6. The van der Waals surface area contributed by atoms with Gasteiger partial charge in [-0.25, -0.2) is 9.18 Å². The average Bonchev–Trinajstić information content (AvgIpc) is 3.28. The zero-order valence-electron chi connectivity index (χ0n) is 13.6. The van der Waals surface area contributed by atoms with Gasteiger partial charge in [0, 0.05) is 24.3 Å². The Balaban J connectivity index is 1.64. The topological polar surface area (TPSA) is 41.9 Å². The Kier molecular flexibility index (Phi) is 4.06. The maximum absolute atomic E-state index is 14.0. The molecule has 0 amide bonds. The zero-order valence-corrected chi connectivity index (χ0v) is 13.6. The third kappa shape index (κ3) is 3.05. The molecule has 126 valence electrons. The van der Waals surface area contributed by atoms with Crippen LogP contribution < -0.4 is 4.90 Å². The van der Waals surface area contributed by atoms with Crippen LogP contribution >= 0.6 is 0 Å². The number of nitrogens with zero attached hydrogens (tertiary/aromatic N) is 2. The number of benzene rings is 2. The maximum Gasteiger partial charge on any atom is 0.368 e. The van der Waals surface area contributed by atoms with E-state index in [1.807, 2.05) is 24.3 Å². The van der Waals surface area contributed by atoms with Crippen LogP contribution in [0.3, 0.4) is 0 Å². The van der Waals surface area contributed by atoms with Crippen LogP contribution in [0.5, 0.6) is 0 Å². The van der Waals surface area contributed by atoms with Gasteiger partial charge in [-0.3, -0.25) is 0 Å². The number of anilines is 1. The minimum Gasteiger partial charge on any atom is -0.372 e. The van der Waals surface area contributed by atoms with Gasteiger partial charge in [0.1, 0.15) is 11.5 Å². The van der Waals surface area contributed by atoms with E-state index < -0.39 is 11.8 Å². The summed E-state index contributed by atoms with van der Waals surface area (Å²) >= 11 is 0. The number of hydrogen-bond acceptors (Lipinski definition) is 4. The van der Waals surface area contributed by atoms with Crippen LogP contribution in [0.25, 0.3) is 6.08 Å². The maximum atomic E-state index is 14.0. The number of carbonyl (C=O) groups excluding carboxylic acids is 1. The summed E-state index contributed by atoms with van der Waals surface area (Å²) in [5.74, 6) is -1.00. The lowest BCUT2D eigenvalue weighted by Gasteiger charge is -2.17. The Morgan fingerprint density at radius 3 is 2.48 bits per heavy atom. The van der Waals surface area contributed by atoms with Gasteiger partial charge < -0.3 is 9.74 Å². The van der Waals surface area contributed by atoms with Crippen LogP contribution in [-0.4, -0.2) is 24.8 Å². The molecule has 4 rings (SSSR count). The minimum atomic E-state index is -0.568. The summed E-state index contributed by atoms with van der Waals surface area (Å²) in [6, 6.07) is 14.2. The molecule has 2 aliphatic rings.